The van der Waals surface area contributed by atoms with E-state index in [1.165, 1.54) is 12.1 Å². The average Bonchev–Trinajstić information content (AvgIpc) is 3.15. The van der Waals surface area contributed by atoms with Gasteiger partial charge in [0, 0.05) is 11.3 Å². The number of hydrogen-bond acceptors (Lipinski definition) is 5. The predicted molar refractivity (Wildman–Crippen MR) is 106 cm³/mol. The molecule has 2 aromatic heterocycles. The van der Waals surface area contributed by atoms with Gasteiger partial charge in [-0.15, -0.1) is 0 Å². The standard InChI is InChI=1S/C21H15F3N4O3/c1-12-5-7-13(8-6-12)18-17-19(31-27-18)25-11-28(20(17)30)10-16(29)26-15-4-2-3-14(9-15)21(22,23)24/h2-9,11H,10H2,1H3,(H,26,29). The molecule has 0 bridgehead atoms. The monoisotopic (exact) mass is 428 g/mol. The van der Waals surface area contributed by atoms with Crippen LogP contribution in [0.4, 0.5) is 18.9 Å². The molecule has 0 fully saturated rings. The highest BCUT2D eigenvalue weighted by Gasteiger charge is 2.30. The lowest BCUT2D eigenvalue weighted by Crippen LogP contribution is -2.28. The van der Waals surface area contributed by atoms with Crippen LogP contribution >= 0.6 is 0 Å². The van der Waals surface area contributed by atoms with E-state index in [-0.39, 0.29) is 16.8 Å². The Hall–Kier alpha value is -3.95. The molecule has 0 radical (unpaired) electrons. The SMILES string of the molecule is Cc1ccc(-c2noc3ncn(CC(=O)Nc4cccc(C(F)(F)F)c4)c(=O)c23)cc1. The third-order valence-corrected chi connectivity index (χ3v) is 4.58. The summed E-state index contributed by atoms with van der Waals surface area (Å²) in [5.74, 6) is -0.684. The molecule has 1 amide bonds. The number of rotatable bonds is 4. The maximum atomic E-state index is 12.9. The Morgan fingerprint density at radius 3 is 2.61 bits per heavy atom. The zero-order valence-electron chi connectivity index (χ0n) is 16.1. The fourth-order valence-electron chi connectivity index (χ4n) is 3.03. The average molecular weight is 428 g/mol. The van der Waals surface area contributed by atoms with Crippen LogP contribution in [0.2, 0.25) is 0 Å². The van der Waals surface area contributed by atoms with Gasteiger partial charge in [-0.3, -0.25) is 14.2 Å². The largest absolute Gasteiger partial charge is 0.416 e. The molecule has 10 heteroatoms. The van der Waals surface area contributed by atoms with E-state index in [2.05, 4.69) is 15.5 Å². The normalized spacial score (nSPS) is 11.6. The van der Waals surface area contributed by atoms with Crippen molar-refractivity contribution in [1.29, 1.82) is 0 Å². The van der Waals surface area contributed by atoms with Crippen molar-refractivity contribution in [2.75, 3.05) is 5.32 Å². The first-order valence-electron chi connectivity index (χ1n) is 9.11. The van der Waals surface area contributed by atoms with Gasteiger partial charge in [-0.1, -0.05) is 41.1 Å². The fourth-order valence-corrected chi connectivity index (χ4v) is 3.03. The maximum absolute atomic E-state index is 12.9. The van der Waals surface area contributed by atoms with Crippen molar-refractivity contribution in [3.8, 4) is 11.3 Å². The highest BCUT2D eigenvalue weighted by atomic mass is 19.4. The number of aryl methyl sites for hydroxylation is 1. The highest BCUT2D eigenvalue weighted by molar-refractivity contribution is 5.91. The minimum atomic E-state index is -4.53. The summed E-state index contributed by atoms with van der Waals surface area (Å²) in [4.78, 5) is 29.3. The molecule has 2 heterocycles. The van der Waals surface area contributed by atoms with Gasteiger partial charge in [0.05, 0.1) is 5.56 Å². The molecule has 0 aliphatic heterocycles. The molecule has 158 valence electrons. The van der Waals surface area contributed by atoms with Gasteiger partial charge in [-0.2, -0.15) is 13.2 Å². The van der Waals surface area contributed by atoms with E-state index in [9.17, 15) is 22.8 Å². The molecule has 0 aliphatic rings. The number of amides is 1. The number of halogens is 3. The number of anilines is 1. The van der Waals surface area contributed by atoms with Crippen molar-refractivity contribution < 1.29 is 22.5 Å². The Balaban J connectivity index is 1.61. The second-order valence-corrected chi connectivity index (χ2v) is 6.88. The fraction of sp³-hybridized carbons (Fsp3) is 0.143. The lowest BCUT2D eigenvalue weighted by atomic mass is 10.1. The number of hydrogen-bond donors (Lipinski definition) is 1. The molecule has 31 heavy (non-hydrogen) atoms. The number of aromatic nitrogens is 3. The van der Waals surface area contributed by atoms with Crippen LogP contribution in [0.1, 0.15) is 11.1 Å². The lowest BCUT2D eigenvalue weighted by molar-refractivity contribution is -0.137. The van der Waals surface area contributed by atoms with Crippen LogP contribution < -0.4 is 10.9 Å². The second kappa shape index (κ2) is 7.71. The Labute approximate surface area is 173 Å². The predicted octanol–water partition coefficient (Wildman–Crippen LogP) is 4.02. The molecule has 0 saturated heterocycles. The molecule has 0 atom stereocenters. The number of benzene rings is 2. The molecule has 4 rings (SSSR count). The summed E-state index contributed by atoms with van der Waals surface area (Å²) in [6, 6.07) is 11.5. The maximum Gasteiger partial charge on any atom is 0.416 e. The van der Waals surface area contributed by atoms with Gasteiger partial charge in [0.15, 0.2) is 0 Å². The zero-order chi connectivity index (χ0) is 22.2. The van der Waals surface area contributed by atoms with Crippen LogP contribution in [0.5, 0.6) is 0 Å². The minimum Gasteiger partial charge on any atom is -0.335 e. The smallest absolute Gasteiger partial charge is 0.335 e. The molecule has 7 nitrogen and oxygen atoms in total. The minimum absolute atomic E-state index is 0.0233. The molecular formula is C21H15F3N4O3. The molecule has 0 spiro atoms. The summed E-state index contributed by atoms with van der Waals surface area (Å²) < 4.78 is 44.7. The van der Waals surface area contributed by atoms with Gasteiger partial charge in [0.1, 0.15) is 24.0 Å². The van der Waals surface area contributed by atoms with E-state index in [1.54, 1.807) is 12.1 Å². The first-order chi connectivity index (χ1) is 14.7. The molecule has 0 saturated carbocycles. The lowest BCUT2D eigenvalue weighted by Gasteiger charge is -2.10. The van der Waals surface area contributed by atoms with Crippen LogP contribution in [0, 0.1) is 6.92 Å². The van der Waals surface area contributed by atoms with Crippen LogP contribution in [-0.2, 0) is 17.5 Å². The van der Waals surface area contributed by atoms with E-state index >= 15 is 0 Å². The third-order valence-electron chi connectivity index (χ3n) is 4.58. The number of alkyl halides is 3. The highest BCUT2D eigenvalue weighted by Crippen LogP contribution is 2.30. The van der Waals surface area contributed by atoms with Gasteiger partial charge >= 0.3 is 6.18 Å². The van der Waals surface area contributed by atoms with Gasteiger partial charge in [-0.05, 0) is 25.1 Å². The first-order valence-corrected chi connectivity index (χ1v) is 9.11. The van der Waals surface area contributed by atoms with E-state index < -0.39 is 29.8 Å². The number of fused-ring (bicyclic) bond motifs is 1. The Bertz CT molecular complexity index is 1320. The number of carbonyl (C=O) groups excluding carboxylic acids is 1. The van der Waals surface area contributed by atoms with Crippen LogP contribution in [0.3, 0.4) is 0 Å². The molecule has 4 aromatic rings. The van der Waals surface area contributed by atoms with Crippen molar-refractivity contribution in [3.63, 3.8) is 0 Å². The molecule has 0 aliphatic carbocycles. The Morgan fingerprint density at radius 1 is 1.16 bits per heavy atom. The molecular weight excluding hydrogens is 413 g/mol. The Morgan fingerprint density at radius 2 is 1.90 bits per heavy atom. The van der Waals surface area contributed by atoms with E-state index in [0.29, 0.717) is 11.3 Å². The van der Waals surface area contributed by atoms with E-state index in [0.717, 1.165) is 28.6 Å². The first kappa shape index (κ1) is 20.3. The summed E-state index contributed by atoms with van der Waals surface area (Å²) in [5, 5.41) is 6.39. The van der Waals surface area contributed by atoms with Crippen LogP contribution in [-0.4, -0.2) is 20.6 Å². The van der Waals surface area contributed by atoms with Crippen molar-refractivity contribution >= 4 is 22.7 Å². The summed E-state index contributed by atoms with van der Waals surface area (Å²) in [6.07, 6.45) is -3.41. The van der Waals surface area contributed by atoms with Gasteiger partial charge in [0.25, 0.3) is 11.3 Å². The van der Waals surface area contributed by atoms with Crippen molar-refractivity contribution in [2.45, 2.75) is 19.6 Å². The summed E-state index contributed by atoms with van der Waals surface area (Å²) in [6.45, 7) is 1.47. The van der Waals surface area contributed by atoms with Gasteiger partial charge in [0.2, 0.25) is 5.91 Å². The van der Waals surface area contributed by atoms with E-state index in [4.69, 9.17) is 4.52 Å². The third kappa shape index (κ3) is 4.18. The van der Waals surface area contributed by atoms with Crippen molar-refractivity contribution in [2.24, 2.45) is 0 Å². The number of nitrogens with zero attached hydrogens (tertiary/aromatic N) is 3. The molecule has 2 aromatic carbocycles. The van der Waals surface area contributed by atoms with E-state index in [1.807, 2.05) is 19.1 Å². The summed E-state index contributed by atoms with van der Waals surface area (Å²) in [5.41, 5.74) is 0.508. The van der Waals surface area contributed by atoms with Gasteiger partial charge in [-0.25, -0.2) is 4.98 Å². The topological polar surface area (TPSA) is 90.0 Å². The Kier molecular flexibility index (Phi) is 5.05. The summed E-state index contributed by atoms with van der Waals surface area (Å²) in [7, 11) is 0. The van der Waals surface area contributed by atoms with Crippen molar-refractivity contribution in [3.05, 3.63) is 76.3 Å². The zero-order valence-corrected chi connectivity index (χ0v) is 16.1. The second-order valence-electron chi connectivity index (χ2n) is 6.88. The summed E-state index contributed by atoms with van der Waals surface area (Å²) >= 11 is 0. The number of carbonyl (C=O) groups is 1. The van der Waals surface area contributed by atoms with Gasteiger partial charge < -0.3 is 9.84 Å². The quantitative estimate of drug-likeness (QED) is 0.530. The number of nitrogens with one attached hydrogen (secondary N) is 1. The van der Waals surface area contributed by atoms with Crippen LogP contribution in [0.15, 0.2) is 64.2 Å². The van der Waals surface area contributed by atoms with Crippen LogP contribution in [0.25, 0.3) is 22.4 Å². The molecule has 0 unspecified atom stereocenters. The molecule has 1 N–H and O–H groups in total. The van der Waals surface area contributed by atoms with Crippen molar-refractivity contribution in [1.82, 2.24) is 14.7 Å².